The predicted octanol–water partition coefficient (Wildman–Crippen LogP) is 3.78. The van der Waals surface area contributed by atoms with E-state index < -0.39 is 0 Å². The van der Waals surface area contributed by atoms with Crippen LogP contribution >= 0.6 is 0 Å². The van der Waals surface area contributed by atoms with E-state index in [9.17, 15) is 9.18 Å². The number of nitrogens with zero attached hydrogens (tertiary/aromatic N) is 1. The molecule has 1 aliphatic rings. The molecule has 0 saturated heterocycles. The molecule has 4 heteroatoms. The summed E-state index contributed by atoms with van der Waals surface area (Å²) < 4.78 is 13.6. The highest BCUT2D eigenvalue weighted by Gasteiger charge is 2.36. The van der Waals surface area contributed by atoms with E-state index in [2.05, 4.69) is 10.3 Å². The van der Waals surface area contributed by atoms with Gasteiger partial charge in [-0.25, -0.2) is 4.39 Å². The van der Waals surface area contributed by atoms with Crippen molar-refractivity contribution in [1.29, 1.82) is 0 Å². The molecule has 0 unspecified atom stereocenters. The summed E-state index contributed by atoms with van der Waals surface area (Å²) in [5, 5.41) is 3.08. The molecular weight excluding hydrogens is 303 g/mol. The molecule has 1 aromatic carbocycles. The van der Waals surface area contributed by atoms with Gasteiger partial charge in [0.1, 0.15) is 5.82 Å². The SMILES string of the molecule is O=C(CCc1ccncc1)NCC1(c2cccc(F)c2)CCCC1. The number of aryl methyl sites for hydroxylation is 1. The molecule has 0 atom stereocenters. The number of pyridine rings is 1. The zero-order valence-electron chi connectivity index (χ0n) is 13.8. The van der Waals surface area contributed by atoms with Gasteiger partial charge >= 0.3 is 0 Å². The Morgan fingerprint density at radius 2 is 1.92 bits per heavy atom. The predicted molar refractivity (Wildman–Crippen MR) is 92.1 cm³/mol. The van der Waals surface area contributed by atoms with Crippen LogP contribution in [0.5, 0.6) is 0 Å². The maximum Gasteiger partial charge on any atom is 0.220 e. The van der Waals surface area contributed by atoms with Gasteiger partial charge in [-0.3, -0.25) is 9.78 Å². The number of nitrogens with one attached hydrogen (secondary N) is 1. The molecule has 1 heterocycles. The van der Waals surface area contributed by atoms with Crippen LogP contribution in [0.2, 0.25) is 0 Å². The summed E-state index contributed by atoms with van der Waals surface area (Å²) in [4.78, 5) is 16.2. The normalized spacial score (nSPS) is 16.0. The van der Waals surface area contributed by atoms with E-state index >= 15 is 0 Å². The summed E-state index contributed by atoms with van der Waals surface area (Å²) in [6.07, 6.45) is 8.91. The minimum Gasteiger partial charge on any atom is -0.355 e. The number of hydrogen-bond donors (Lipinski definition) is 1. The van der Waals surface area contributed by atoms with Crippen LogP contribution in [0, 0.1) is 5.82 Å². The van der Waals surface area contributed by atoms with Gasteiger partial charge in [-0.1, -0.05) is 25.0 Å². The molecule has 0 aliphatic heterocycles. The summed E-state index contributed by atoms with van der Waals surface area (Å²) in [5.74, 6) is -0.155. The van der Waals surface area contributed by atoms with E-state index in [0.29, 0.717) is 19.4 Å². The first-order valence-corrected chi connectivity index (χ1v) is 8.60. The first kappa shape index (κ1) is 16.6. The van der Waals surface area contributed by atoms with Gasteiger partial charge in [0, 0.05) is 30.8 Å². The zero-order valence-corrected chi connectivity index (χ0v) is 13.8. The molecule has 126 valence electrons. The van der Waals surface area contributed by atoms with Gasteiger partial charge in [-0.15, -0.1) is 0 Å². The second-order valence-electron chi connectivity index (χ2n) is 6.63. The molecule has 3 nitrogen and oxygen atoms in total. The van der Waals surface area contributed by atoms with E-state index in [-0.39, 0.29) is 17.1 Å². The minimum absolute atomic E-state index is 0.0505. The van der Waals surface area contributed by atoms with Crippen molar-refractivity contribution < 1.29 is 9.18 Å². The minimum atomic E-state index is -0.206. The number of rotatable bonds is 6. The van der Waals surface area contributed by atoms with Crippen LogP contribution in [-0.4, -0.2) is 17.4 Å². The largest absolute Gasteiger partial charge is 0.355 e. The highest BCUT2D eigenvalue weighted by Crippen LogP contribution is 2.40. The standard InChI is InChI=1S/C20H23FN2O/c21-18-5-3-4-17(14-18)20(10-1-2-11-20)15-23-19(24)7-6-16-8-12-22-13-9-16/h3-5,8-9,12-14H,1-2,6-7,10-11,15H2,(H,23,24). The van der Waals surface area contributed by atoms with E-state index in [1.807, 2.05) is 18.2 Å². The first-order valence-electron chi connectivity index (χ1n) is 8.60. The van der Waals surface area contributed by atoms with Crippen molar-refractivity contribution in [3.05, 3.63) is 65.7 Å². The summed E-state index contributed by atoms with van der Waals surface area (Å²) in [6.45, 7) is 0.589. The van der Waals surface area contributed by atoms with Crippen molar-refractivity contribution in [1.82, 2.24) is 10.3 Å². The van der Waals surface area contributed by atoms with Crippen LogP contribution in [0.15, 0.2) is 48.8 Å². The van der Waals surface area contributed by atoms with E-state index in [1.165, 1.54) is 6.07 Å². The molecule has 0 radical (unpaired) electrons. The third-order valence-electron chi connectivity index (χ3n) is 5.01. The fourth-order valence-electron chi connectivity index (χ4n) is 3.60. The van der Waals surface area contributed by atoms with Gasteiger partial charge in [0.25, 0.3) is 0 Å². The molecule has 0 spiro atoms. The average Bonchev–Trinajstić information content (AvgIpc) is 3.09. The van der Waals surface area contributed by atoms with Crippen molar-refractivity contribution >= 4 is 5.91 Å². The second-order valence-corrected chi connectivity index (χ2v) is 6.63. The second kappa shape index (κ2) is 7.56. The third kappa shape index (κ3) is 3.99. The Labute approximate surface area is 142 Å². The quantitative estimate of drug-likeness (QED) is 0.878. The monoisotopic (exact) mass is 326 g/mol. The van der Waals surface area contributed by atoms with Crippen molar-refractivity contribution in [3.8, 4) is 0 Å². The number of carbonyl (C=O) groups excluding carboxylic acids is 1. The third-order valence-corrected chi connectivity index (χ3v) is 5.01. The molecule has 0 bridgehead atoms. The smallest absolute Gasteiger partial charge is 0.220 e. The maximum atomic E-state index is 13.6. The molecule has 1 N–H and O–H groups in total. The Morgan fingerprint density at radius 1 is 1.17 bits per heavy atom. The molecule has 1 aromatic heterocycles. The molecule has 2 aromatic rings. The van der Waals surface area contributed by atoms with Crippen molar-refractivity contribution in [2.24, 2.45) is 0 Å². The zero-order chi connectivity index (χ0) is 16.8. The number of benzene rings is 1. The van der Waals surface area contributed by atoms with Gasteiger partial charge in [0.05, 0.1) is 0 Å². The van der Waals surface area contributed by atoms with Crippen LogP contribution < -0.4 is 5.32 Å². The lowest BCUT2D eigenvalue weighted by Crippen LogP contribution is -2.39. The molecule has 3 rings (SSSR count). The summed E-state index contributed by atoms with van der Waals surface area (Å²) in [7, 11) is 0. The highest BCUT2D eigenvalue weighted by molar-refractivity contribution is 5.76. The van der Waals surface area contributed by atoms with Crippen LogP contribution in [0.3, 0.4) is 0 Å². The number of carbonyl (C=O) groups is 1. The van der Waals surface area contributed by atoms with E-state index in [0.717, 1.165) is 36.8 Å². The first-order chi connectivity index (χ1) is 11.7. The summed E-state index contributed by atoms with van der Waals surface area (Å²) >= 11 is 0. The van der Waals surface area contributed by atoms with Crippen LogP contribution in [0.25, 0.3) is 0 Å². The van der Waals surface area contributed by atoms with Gasteiger partial charge < -0.3 is 5.32 Å². The lowest BCUT2D eigenvalue weighted by atomic mass is 9.78. The van der Waals surface area contributed by atoms with E-state index in [4.69, 9.17) is 0 Å². The van der Waals surface area contributed by atoms with Crippen molar-refractivity contribution in [2.45, 2.75) is 43.9 Å². The fourth-order valence-corrected chi connectivity index (χ4v) is 3.60. The van der Waals surface area contributed by atoms with Gasteiger partial charge in [0.2, 0.25) is 5.91 Å². The Balaban J connectivity index is 1.59. The Kier molecular flexibility index (Phi) is 5.24. The van der Waals surface area contributed by atoms with Crippen LogP contribution in [0.4, 0.5) is 4.39 Å². The number of amides is 1. The lowest BCUT2D eigenvalue weighted by molar-refractivity contribution is -0.121. The fraction of sp³-hybridized carbons (Fsp3) is 0.400. The Morgan fingerprint density at radius 3 is 2.62 bits per heavy atom. The van der Waals surface area contributed by atoms with Crippen LogP contribution in [0.1, 0.15) is 43.2 Å². The number of halogens is 1. The Bertz CT molecular complexity index is 681. The topological polar surface area (TPSA) is 42.0 Å². The van der Waals surface area contributed by atoms with E-state index in [1.54, 1.807) is 24.5 Å². The molecule has 24 heavy (non-hydrogen) atoms. The van der Waals surface area contributed by atoms with Gasteiger partial charge in [-0.05, 0) is 54.7 Å². The van der Waals surface area contributed by atoms with Gasteiger partial charge in [0.15, 0.2) is 0 Å². The highest BCUT2D eigenvalue weighted by atomic mass is 19.1. The number of aromatic nitrogens is 1. The molecule has 1 saturated carbocycles. The van der Waals surface area contributed by atoms with Gasteiger partial charge in [-0.2, -0.15) is 0 Å². The summed E-state index contributed by atoms with van der Waals surface area (Å²) in [6, 6.07) is 10.7. The Hall–Kier alpha value is -2.23. The summed E-state index contributed by atoms with van der Waals surface area (Å²) in [5.41, 5.74) is 2.00. The maximum absolute atomic E-state index is 13.6. The van der Waals surface area contributed by atoms with Crippen molar-refractivity contribution in [2.75, 3.05) is 6.54 Å². The average molecular weight is 326 g/mol. The molecule has 1 amide bonds. The van der Waals surface area contributed by atoms with Crippen LogP contribution in [-0.2, 0) is 16.6 Å². The molecule has 1 fully saturated rings. The lowest BCUT2D eigenvalue weighted by Gasteiger charge is -2.30. The molecule has 1 aliphatic carbocycles. The molecular formula is C20H23FN2O. The van der Waals surface area contributed by atoms with Crippen molar-refractivity contribution in [3.63, 3.8) is 0 Å². The number of hydrogen-bond acceptors (Lipinski definition) is 2.